The van der Waals surface area contributed by atoms with Gasteiger partial charge in [-0.2, -0.15) is 0 Å². The molecular weight excluding hydrogens is 406 g/mol. The molecule has 0 radical (unpaired) electrons. The van der Waals surface area contributed by atoms with Crippen LogP contribution in [0, 0.1) is 0 Å². The molecule has 2 aromatic carbocycles. The molecule has 0 N–H and O–H groups in total. The number of hydrogen-bond acceptors (Lipinski definition) is 6. The number of rotatable bonds is 5. The van der Waals surface area contributed by atoms with E-state index < -0.39 is 0 Å². The van der Waals surface area contributed by atoms with E-state index in [1.807, 2.05) is 54.8 Å². The molecule has 0 unspecified atom stereocenters. The van der Waals surface area contributed by atoms with E-state index in [9.17, 15) is 4.79 Å². The van der Waals surface area contributed by atoms with Gasteiger partial charge in [-0.05, 0) is 25.5 Å². The van der Waals surface area contributed by atoms with Crippen LogP contribution in [0.15, 0.2) is 53.6 Å². The van der Waals surface area contributed by atoms with Gasteiger partial charge in [0, 0.05) is 24.2 Å². The van der Waals surface area contributed by atoms with Crippen LogP contribution in [0.5, 0.6) is 11.5 Å². The zero-order valence-corrected chi connectivity index (χ0v) is 18.4. The number of benzene rings is 2. The molecule has 0 fully saturated rings. The standard InChI is InChI=1S/C24H23N5O3/c1-5-14(2)28-13-25-22-20(24(28)30)21-23(27-19-9-7-6-8-18(19)26-21)29(22)15-10-16(31-3)12-17(11-15)32-4/h6-14H,5H2,1-4H3/t14-/m1/s1. The molecule has 5 aromatic rings. The predicted molar refractivity (Wildman–Crippen MR) is 124 cm³/mol. The summed E-state index contributed by atoms with van der Waals surface area (Å²) in [4.78, 5) is 27.9. The van der Waals surface area contributed by atoms with Gasteiger partial charge >= 0.3 is 0 Å². The van der Waals surface area contributed by atoms with Crippen molar-refractivity contribution < 1.29 is 9.47 Å². The van der Waals surface area contributed by atoms with Crippen LogP contribution in [0.25, 0.3) is 38.9 Å². The Labute approximate surface area is 184 Å². The van der Waals surface area contributed by atoms with Crippen molar-refractivity contribution in [2.75, 3.05) is 14.2 Å². The van der Waals surface area contributed by atoms with Crippen molar-refractivity contribution in [2.24, 2.45) is 0 Å². The summed E-state index contributed by atoms with van der Waals surface area (Å²) < 4.78 is 14.4. The second-order valence-corrected chi connectivity index (χ2v) is 7.70. The van der Waals surface area contributed by atoms with Gasteiger partial charge in [0.15, 0.2) is 11.3 Å². The van der Waals surface area contributed by atoms with Crippen molar-refractivity contribution >= 4 is 33.2 Å². The van der Waals surface area contributed by atoms with Gasteiger partial charge in [-0.3, -0.25) is 13.9 Å². The first-order chi connectivity index (χ1) is 15.5. The zero-order chi connectivity index (χ0) is 22.4. The molecule has 0 saturated heterocycles. The van der Waals surface area contributed by atoms with Crippen molar-refractivity contribution in [2.45, 2.75) is 26.3 Å². The number of para-hydroxylation sites is 2. The fraction of sp³-hybridized carbons (Fsp3) is 0.250. The maximum atomic E-state index is 13.6. The molecule has 0 amide bonds. The number of nitrogens with zero attached hydrogens (tertiary/aromatic N) is 5. The highest BCUT2D eigenvalue weighted by atomic mass is 16.5. The lowest BCUT2D eigenvalue weighted by atomic mass is 10.2. The number of methoxy groups -OCH3 is 2. The van der Waals surface area contributed by atoms with Crippen LogP contribution in [0.2, 0.25) is 0 Å². The van der Waals surface area contributed by atoms with Gasteiger partial charge < -0.3 is 9.47 Å². The first-order valence-electron chi connectivity index (χ1n) is 10.5. The van der Waals surface area contributed by atoms with E-state index in [2.05, 4.69) is 0 Å². The third kappa shape index (κ3) is 2.98. The van der Waals surface area contributed by atoms with Gasteiger partial charge in [0.2, 0.25) is 0 Å². The number of fused-ring (bicyclic) bond motifs is 4. The molecule has 1 atom stereocenters. The van der Waals surface area contributed by atoms with Crippen molar-refractivity contribution in [3.8, 4) is 17.2 Å². The van der Waals surface area contributed by atoms with E-state index in [0.717, 1.165) is 23.1 Å². The Bertz CT molecular complexity index is 1510. The molecule has 0 aliphatic carbocycles. The first-order valence-corrected chi connectivity index (χ1v) is 10.5. The van der Waals surface area contributed by atoms with Gasteiger partial charge in [0.1, 0.15) is 28.7 Å². The van der Waals surface area contributed by atoms with Crippen LogP contribution >= 0.6 is 0 Å². The smallest absolute Gasteiger partial charge is 0.265 e. The van der Waals surface area contributed by atoms with Gasteiger partial charge in [-0.15, -0.1) is 0 Å². The molecule has 8 nitrogen and oxygen atoms in total. The Balaban J connectivity index is 1.97. The number of ether oxygens (including phenoxy) is 2. The monoisotopic (exact) mass is 429 g/mol. The lowest BCUT2D eigenvalue weighted by molar-refractivity contribution is 0.394. The number of hydrogen-bond donors (Lipinski definition) is 0. The summed E-state index contributed by atoms with van der Waals surface area (Å²) in [7, 11) is 3.20. The highest BCUT2D eigenvalue weighted by Gasteiger charge is 2.22. The summed E-state index contributed by atoms with van der Waals surface area (Å²) in [6.45, 7) is 4.04. The van der Waals surface area contributed by atoms with Gasteiger partial charge in [-0.1, -0.05) is 19.1 Å². The lowest BCUT2D eigenvalue weighted by Crippen LogP contribution is -2.23. The van der Waals surface area contributed by atoms with Crippen molar-refractivity contribution in [1.82, 2.24) is 24.1 Å². The van der Waals surface area contributed by atoms with Crippen LogP contribution in [-0.2, 0) is 0 Å². The van der Waals surface area contributed by atoms with E-state index in [-0.39, 0.29) is 11.6 Å². The Kier molecular flexibility index (Phi) is 4.77. The van der Waals surface area contributed by atoms with Crippen molar-refractivity contribution in [3.63, 3.8) is 0 Å². The minimum absolute atomic E-state index is 0.0168. The quantitative estimate of drug-likeness (QED) is 0.415. The summed E-state index contributed by atoms with van der Waals surface area (Å²) >= 11 is 0. The molecule has 0 saturated carbocycles. The van der Waals surface area contributed by atoms with Gasteiger partial charge in [0.25, 0.3) is 5.56 Å². The van der Waals surface area contributed by atoms with Crippen LogP contribution in [-0.4, -0.2) is 38.3 Å². The van der Waals surface area contributed by atoms with E-state index in [1.54, 1.807) is 31.2 Å². The third-order valence-corrected chi connectivity index (χ3v) is 5.85. The van der Waals surface area contributed by atoms with Crippen LogP contribution in [0.3, 0.4) is 0 Å². The predicted octanol–water partition coefficient (Wildman–Crippen LogP) is 4.27. The largest absolute Gasteiger partial charge is 0.497 e. The zero-order valence-electron chi connectivity index (χ0n) is 18.4. The topological polar surface area (TPSA) is 84.1 Å². The summed E-state index contributed by atoms with van der Waals surface area (Å²) in [6, 6.07) is 13.2. The van der Waals surface area contributed by atoms with Gasteiger partial charge in [0.05, 0.1) is 30.9 Å². The Hall–Kier alpha value is -3.94. The fourth-order valence-corrected chi connectivity index (χ4v) is 3.93. The molecule has 3 aromatic heterocycles. The van der Waals surface area contributed by atoms with Crippen LogP contribution < -0.4 is 15.0 Å². The van der Waals surface area contributed by atoms with Gasteiger partial charge in [-0.25, -0.2) is 15.0 Å². The maximum Gasteiger partial charge on any atom is 0.265 e. The minimum Gasteiger partial charge on any atom is -0.497 e. The molecule has 162 valence electrons. The molecule has 32 heavy (non-hydrogen) atoms. The SMILES string of the molecule is CC[C@@H](C)n1cnc2c(c1=O)c1nc3ccccc3nc1n2-c1cc(OC)cc(OC)c1. The van der Waals surface area contributed by atoms with Crippen LogP contribution in [0.4, 0.5) is 0 Å². The van der Waals surface area contributed by atoms with Crippen LogP contribution in [0.1, 0.15) is 26.3 Å². The van der Waals surface area contributed by atoms with E-state index in [0.29, 0.717) is 33.7 Å². The maximum absolute atomic E-state index is 13.6. The molecule has 0 aliphatic heterocycles. The van der Waals surface area contributed by atoms with Crippen molar-refractivity contribution in [1.29, 1.82) is 0 Å². The molecule has 0 aliphatic rings. The minimum atomic E-state index is -0.132. The molecular formula is C24H23N5O3. The molecule has 8 heteroatoms. The van der Waals surface area contributed by atoms with E-state index in [4.69, 9.17) is 24.4 Å². The third-order valence-electron chi connectivity index (χ3n) is 5.85. The van der Waals surface area contributed by atoms with Crippen molar-refractivity contribution in [3.05, 3.63) is 59.1 Å². The molecule has 0 bridgehead atoms. The Morgan fingerprint density at radius 1 is 0.969 bits per heavy atom. The number of aromatic nitrogens is 5. The molecule has 0 spiro atoms. The molecule has 5 rings (SSSR count). The van der Waals surface area contributed by atoms with E-state index >= 15 is 0 Å². The summed E-state index contributed by atoms with van der Waals surface area (Å²) in [5.41, 5.74) is 3.62. The second kappa shape index (κ2) is 7.64. The average Bonchev–Trinajstić information content (AvgIpc) is 3.15. The Morgan fingerprint density at radius 2 is 1.62 bits per heavy atom. The Morgan fingerprint density at radius 3 is 2.25 bits per heavy atom. The normalized spacial score (nSPS) is 12.5. The summed E-state index contributed by atoms with van der Waals surface area (Å²) in [5.74, 6) is 1.24. The summed E-state index contributed by atoms with van der Waals surface area (Å²) in [6.07, 6.45) is 2.42. The highest BCUT2D eigenvalue weighted by molar-refractivity contribution is 6.05. The molecule has 3 heterocycles. The fourth-order valence-electron chi connectivity index (χ4n) is 3.93. The first kappa shape index (κ1) is 20.0. The summed E-state index contributed by atoms with van der Waals surface area (Å²) in [5, 5.41) is 0.447. The highest BCUT2D eigenvalue weighted by Crippen LogP contribution is 2.32. The van der Waals surface area contributed by atoms with E-state index in [1.165, 1.54) is 0 Å². The second-order valence-electron chi connectivity index (χ2n) is 7.70. The lowest BCUT2D eigenvalue weighted by Gasteiger charge is -2.13. The average molecular weight is 429 g/mol.